The Labute approximate surface area is 173 Å². The molecule has 0 spiro atoms. The molecule has 9 heteroatoms. The van der Waals surface area contributed by atoms with Crippen molar-refractivity contribution in [2.24, 2.45) is 22.4 Å². The van der Waals surface area contributed by atoms with Crippen LogP contribution in [0.1, 0.15) is 31.4 Å². The number of likely N-dealkylation sites (tertiary alicyclic amines) is 1. The van der Waals surface area contributed by atoms with E-state index in [1.165, 1.54) is 0 Å². The maximum absolute atomic E-state index is 12.7. The number of carbonyl (C=O) groups is 3. The summed E-state index contributed by atoms with van der Waals surface area (Å²) < 4.78 is 0. The first-order chi connectivity index (χ1) is 14.3. The Morgan fingerprint density at radius 2 is 1.90 bits per heavy atom. The third-order valence-electron chi connectivity index (χ3n) is 5.28. The number of imide groups is 1. The van der Waals surface area contributed by atoms with E-state index in [1.54, 1.807) is 6.92 Å². The van der Waals surface area contributed by atoms with E-state index in [-0.39, 0.29) is 12.4 Å². The van der Waals surface area contributed by atoms with Gasteiger partial charge in [0.1, 0.15) is 0 Å². The van der Waals surface area contributed by atoms with Gasteiger partial charge in [-0.1, -0.05) is 42.5 Å². The standard InChI is InChI=1S/C21H25N5O4/c1-12(14-9-4-7-13-6-2-3-8-15(13)14)25-21(30)26-17(19(28)29)16(18(26)27)10-5-11-24-20(22)23/h2-4,6-9,12,16-17H,5,10-11H2,1H3,(H,25,30)(H,28,29)(H4,22,23,24)/t12-,16-,17+/m1/s1. The van der Waals surface area contributed by atoms with Crippen molar-refractivity contribution in [1.82, 2.24) is 10.2 Å². The van der Waals surface area contributed by atoms with E-state index in [2.05, 4.69) is 10.3 Å². The Hall–Kier alpha value is -3.62. The molecule has 1 saturated heterocycles. The monoisotopic (exact) mass is 411 g/mol. The van der Waals surface area contributed by atoms with Crippen LogP contribution in [0.4, 0.5) is 4.79 Å². The molecule has 9 nitrogen and oxygen atoms in total. The van der Waals surface area contributed by atoms with Gasteiger partial charge in [0.25, 0.3) is 0 Å². The lowest BCUT2D eigenvalue weighted by molar-refractivity contribution is -0.166. The number of carboxylic acids is 1. The molecular weight excluding hydrogens is 386 g/mol. The number of nitrogens with one attached hydrogen (secondary N) is 1. The fourth-order valence-corrected chi connectivity index (χ4v) is 3.82. The van der Waals surface area contributed by atoms with Crippen molar-refractivity contribution in [3.63, 3.8) is 0 Å². The number of urea groups is 1. The van der Waals surface area contributed by atoms with Crippen molar-refractivity contribution in [3.05, 3.63) is 48.0 Å². The second-order valence-corrected chi connectivity index (χ2v) is 7.29. The summed E-state index contributed by atoms with van der Waals surface area (Å²) in [5.41, 5.74) is 11.4. The molecule has 30 heavy (non-hydrogen) atoms. The molecule has 1 heterocycles. The van der Waals surface area contributed by atoms with Crippen LogP contribution in [0.15, 0.2) is 47.5 Å². The topological polar surface area (TPSA) is 151 Å². The van der Waals surface area contributed by atoms with E-state index < -0.39 is 35.9 Å². The van der Waals surface area contributed by atoms with Gasteiger partial charge in [0, 0.05) is 6.54 Å². The zero-order chi connectivity index (χ0) is 21.8. The highest BCUT2D eigenvalue weighted by molar-refractivity contribution is 6.07. The van der Waals surface area contributed by atoms with Gasteiger partial charge in [-0.05, 0) is 36.1 Å². The number of nitrogens with two attached hydrogens (primary N) is 2. The summed E-state index contributed by atoms with van der Waals surface area (Å²) in [6.07, 6.45) is 0.731. The fraction of sp³-hybridized carbons (Fsp3) is 0.333. The summed E-state index contributed by atoms with van der Waals surface area (Å²) in [5, 5.41) is 14.3. The maximum atomic E-state index is 12.7. The first-order valence-corrected chi connectivity index (χ1v) is 9.70. The molecule has 0 aromatic heterocycles. The van der Waals surface area contributed by atoms with Crippen LogP contribution in [0.25, 0.3) is 10.8 Å². The van der Waals surface area contributed by atoms with Crippen molar-refractivity contribution in [2.75, 3.05) is 6.54 Å². The van der Waals surface area contributed by atoms with Crippen molar-refractivity contribution in [1.29, 1.82) is 0 Å². The molecule has 0 unspecified atom stereocenters. The van der Waals surface area contributed by atoms with Gasteiger partial charge in [0.05, 0.1) is 12.0 Å². The fourth-order valence-electron chi connectivity index (χ4n) is 3.82. The van der Waals surface area contributed by atoms with E-state index in [0.29, 0.717) is 13.0 Å². The molecule has 158 valence electrons. The van der Waals surface area contributed by atoms with Gasteiger partial charge in [0.15, 0.2) is 12.0 Å². The van der Waals surface area contributed by atoms with Crippen LogP contribution in [0.3, 0.4) is 0 Å². The number of benzene rings is 2. The zero-order valence-electron chi connectivity index (χ0n) is 16.6. The smallest absolute Gasteiger partial charge is 0.327 e. The van der Waals surface area contributed by atoms with Gasteiger partial charge in [0.2, 0.25) is 5.91 Å². The first kappa shape index (κ1) is 21.1. The molecule has 0 radical (unpaired) electrons. The number of hydrogen-bond acceptors (Lipinski definition) is 4. The molecule has 0 bridgehead atoms. The third-order valence-corrected chi connectivity index (χ3v) is 5.28. The van der Waals surface area contributed by atoms with E-state index in [4.69, 9.17) is 11.5 Å². The number of fused-ring (bicyclic) bond motifs is 1. The minimum atomic E-state index is -1.21. The predicted octanol–water partition coefficient (Wildman–Crippen LogP) is 1.58. The number of carboxylic acid groups (broad SMARTS) is 1. The van der Waals surface area contributed by atoms with Gasteiger partial charge in [-0.2, -0.15) is 0 Å². The van der Waals surface area contributed by atoms with Crippen molar-refractivity contribution < 1.29 is 19.5 Å². The number of guanidine groups is 1. The summed E-state index contributed by atoms with van der Waals surface area (Å²) in [6.45, 7) is 2.09. The number of aliphatic carboxylic acids is 1. The average Bonchev–Trinajstić information content (AvgIpc) is 2.70. The SMILES string of the molecule is C[C@@H](NC(=O)N1C(=O)[C@H](CCCN=C(N)N)[C@H]1C(=O)O)c1cccc2ccccc12. The normalized spacial score (nSPS) is 19.1. The molecule has 6 N–H and O–H groups in total. The van der Waals surface area contributed by atoms with Crippen molar-refractivity contribution >= 4 is 34.6 Å². The second kappa shape index (κ2) is 8.81. The van der Waals surface area contributed by atoms with E-state index in [9.17, 15) is 19.5 Å². The molecule has 3 atom stereocenters. The van der Waals surface area contributed by atoms with Gasteiger partial charge < -0.3 is 21.9 Å². The number of rotatable bonds is 7. The van der Waals surface area contributed by atoms with Gasteiger partial charge in [-0.25, -0.2) is 14.5 Å². The Morgan fingerprint density at radius 1 is 1.20 bits per heavy atom. The largest absolute Gasteiger partial charge is 0.480 e. The lowest BCUT2D eigenvalue weighted by atomic mass is 9.84. The van der Waals surface area contributed by atoms with Gasteiger partial charge >= 0.3 is 12.0 Å². The number of nitrogens with zero attached hydrogens (tertiary/aromatic N) is 2. The van der Waals surface area contributed by atoms with Crippen molar-refractivity contribution in [3.8, 4) is 0 Å². The highest BCUT2D eigenvalue weighted by Gasteiger charge is 2.54. The Balaban J connectivity index is 1.69. The summed E-state index contributed by atoms with van der Waals surface area (Å²) in [6, 6.07) is 11.2. The van der Waals surface area contributed by atoms with Crippen molar-refractivity contribution in [2.45, 2.75) is 31.8 Å². The summed E-state index contributed by atoms with van der Waals surface area (Å²) >= 11 is 0. The van der Waals surface area contributed by atoms with Crippen LogP contribution in [-0.2, 0) is 9.59 Å². The van der Waals surface area contributed by atoms with Gasteiger partial charge in [-0.3, -0.25) is 9.79 Å². The highest BCUT2D eigenvalue weighted by Crippen LogP contribution is 2.32. The average molecular weight is 411 g/mol. The van der Waals surface area contributed by atoms with Crippen LogP contribution in [-0.4, -0.2) is 46.5 Å². The highest BCUT2D eigenvalue weighted by atomic mass is 16.4. The van der Waals surface area contributed by atoms with Crippen LogP contribution in [0.5, 0.6) is 0 Å². The van der Waals surface area contributed by atoms with Crippen LogP contribution < -0.4 is 16.8 Å². The second-order valence-electron chi connectivity index (χ2n) is 7.29. The molecule has 3 amide bonds. The lowest BCUT2D eigenvalue weighted by Crippen LogP contribution is -2.68. The Kier molecular flexibility index (Phi) is 6.20. The molecule has 2 aromatic rings. The summed E-state index contributed by atoms with van der Waals surface area (Å²) in [5.74, 6) is -2.55. The quantitative estimate of drug-likeness (QED) is 0.235. The molecule has 1 aliphatic rings. The number of carbonyl (C=O) groups excluding carboxylic acids is 2. The molecule has 1 aliphatic heterocycles. The minimum absolute atomic E-state index is 0.0619. The maximum Gasteiger partial charge on any atom is 0.327 e. The molecule has 0 saturated carbocycles. The summed E-state index contributed by atoms with van der Waals surface area (Å²) in [7, 11) is 0. The summed E-state index contributed by atoms with van der Waals surface area (Å²) in [4.78, 5) is 41.5. The number of hydrogen-bond donors (Lipinski definition) is 4. The Morgan fingerprint density at radius 3 is 2.60 bits per heavy atom. The van der Waals surface area contributed by atoms with Gasteiger partial charge in [-0.15, -0.1) is 0 Å². The van der Waals surface area contributed by atoms with Crippen LogP contribution in [0, 0.1) is 5.92 Å². The number of aliphatic imine (C=N–C) groups is 1. The predicted molar refractivity (Wildman–Crippen MR) is 113 cm³/mol. The zero-order valence-corrected chi connectivity index (χ0v) is 16.6. The first-order valence-electron chi connectivity index (χ1n) is 9.70. The minimum Gasteiger partial charge on any atom is -0.480 e. The molecule has 2 aromatic carbocycles. The third kappa shape index (κ3) is 4.19. The molecule has 1 fully saturated rings. The van der Waals surface area contributed by atoms with E-state index in [0.717, 1.165) is 21.2 Å². The van der Waals surface area contributed by atoms with Crippen LogP contribution >= 0.6 is 0 Å². The number of β-lactam (4-membered cyclic amide) rings is 1. The number of amides is 3. The molecule has 3 rings (SSSR count). The molecule has 0 aliphatic carbocycles. The van der Waals surface area contributed by atoms with E-state index >= 15 is 0 Å². The van der Waals surface area contributed by atoms with E-state index in [1.807, 2.05) is 42.5 Å². The van der Waals surface area contributed by atoms with Crippen LogP contribution in [0.2, 0.25) is 0 Å². The lowest BCUT2D eigenvalue weighted by Gasteiger charge is -2.43. The molecular formula is C21H25N5O4. The Bertz CT molecular complexity index is 997.